The highest BCUT2D eigenvalue weighted by atomic mass is 16.7. The molecule has 154 valence electrons. The molecule has 0 saturated carbocycles. The van der Waals surface area contributed by atoms with Crippen LogP contribution in [-0.2, 0) is 20.8 Å². The van der Waals surface area contributed by atoms with E-state index in [2.05, 4.69) is 4.90 Å². The van der Waals surface area contributed by atoms with Crippen molar-refractivity contribution in [1.29, 1.82) is 0 Å². The number of morpholine rings is 1. The van der Waals surface area contributed by atoms with Gasteiger partial charge in [0.1, 0.15) is 12.4 Å². The number of rotatable bonds is 10. The molecule has 0 atom stereocenters. The van der Waals surface area contributed by atoms with Gasteiger partial charge in [0.15, 0.2) is 6.29 Å². The summed E-state index contributed by atoms with van der Waals surface area (Å²) >= 11 is 0. The van der Waals surface area contributed by atoms with Crippen molar-refractivity contribution in [1.82, 2.24) is 9.47 Å². The van der Waals surface area contributed by atoms with E-state index in [0.717, 1.165) is 49.5 Å². The van der Waals surface area contributed by atoms with E-state index >= 15 is 0 Å². The molecule has 0 N–H and O–H groups in total. The van der Waals surface area contributed by atoms with Crippen molar-refractivity contribution in [3.8, 4) is 5.75 Å². The summed E-state index contributed by atoms with van der Waals surface area (Å²) in [6.07, 6.45) is -0.454. The summed E-state index contributed by atoms with van der Waals surface area (Å²) in [6.45, 7) is 10.1. The second kappa shape index (κ2) is 10.6. The largest absolute Gasteiger partial charge is 0.492 e. The minimum absolute atomic E-state index is 0.0811. The van der Waals surface area contributed by atoms with Crippen molar-refractivity contribution in [2.45, 2.75) is 26.7 Å². The molecule has 1 aromatic carbocycles. The molecular formula is C21H30N2O5. The van der Waals surface area contributed by atoms with Crippen LogP contribution in [0.5, 0.6) is 5.75 Å². The zero-order valence-corrected chi connectivity index (χ0v) is 16.8. The van der Waals surface area contributed by atoms with Gasteiger partial charge in [-0.2, -0.15) is 0 Å². The van der Waals surface area contributed by atoms with Gasteiger partial charge >= 0.3 is 0 Å². The molecule has 0 unspecified atom stereocenters. The highest BCUT2D eigenvalue weighted by Gasteiger charge is 2.14. The van der Waals surface area contributed by atoms with Crippen LogP contribution in [-0.4, -0.2) is 68.4 Å². The monoisotopic (exact) mass is 390 g/mol. The van der Waals surface area contributed by atoms with Gasteiger partial charge in [-0.15, -0.1) is 0 Å². The van der Waals surface area contributed by atoms with E-state index in [4.69, 9.17) is 18.9 Å². The van der Waals surface area contributed by atoms with Crippen LogP contribution in [0.1, 0.15) is 13.8 Å². The Bertz CT molecular complexity index is 795. The lowest BCUT2D eigenvalue weighted by molar-refractivity contribution is -0.143. The van der Waals surface area contributed by atoms with E-state index < -0.39 is 6.29 Å². The molecule has 28 heavy (non-hydrogen) atoms. The maximum atomic E-state index is 12.5. The summed E-state index contributed by atoms with van der Waals surface area (Å²) < 4.78 is 24.3. The van der Waals surface area contributed by atoms with Gasteiger partial charge in [-0.05, 0) is 37.4 Å². The number of pyridine rings is 1. The van der Waals surface area contributed by atoms with Gasteiger partial charge in [0.2, 0.25) is 0 Å². The number of hydrogen-bond acceptors (Lipinski definition) is 6. The van der Waals surface area contributed by atoms with Crippen LogP contribution in [0.15, 0.2) is 35.1 Å². The smallest absolute Gasteiger partial charge is 0.251 e. The third-order valence-corrected chi connectivity index (χ3v) is 4.78. The molecule has 0 bridgehead atoms. The molecule has 3 rings (SSSR count). The van der Waals surface area contributed by atoms with E-state index in [1.807, 2.05) is 38.1 Å². The average molecular weight is 390 g/mol. The quantitative estimate of drug-likeness (QED) is 0.579. The Labute approximate surface area is 165 Å². The van der Waals surface area contributed by atoms with Crippen molar-refractivity contribution in [3.63, 3.8) is 0 Å². The number of fused-ring (bicyclic) bond motifs is 1. The average Bonchev–Trinajstić information content (AvgIpc) is 2.71. The second-order valence-electron chi connectivity index (χ2n) is 6.65. The van der Waals surface area contributed by atoms with Crippen LogP contribution >= 0.6 is 0 Å². The predicted octanol–water partition coefficient (Wildman–Crippen LogP) is 2.11. The lowest BCUT2D eigenvalue weighted by atomic mass is 10.2. The summed E-state index contributed by atoms with van der Waals surface area (Å²) in [4.78, 5) is 14.8. The molecule has 0 aliphatic carbocycles. The third kappa shape index (κ3) is 5.54. The van der Waals surface area contributed by atoms with Crippen molar-refractivity contribution in [2.75, 3.05) is 52.7 Å². The van der Waals surface area contributed by atoms with Gasteiger partial charge in [0.25, 0.3) is 5.56 Å². The van der Waals surface area contributed by atoms with Crippen LogP contribution in [0.4, 0.5) is 0 Å². The molecule has 1 aliphatic heterocycles. The summed E-state index contributed by atoms with van der Waals surface area (Å²) in [7, 11) is 0. The van der Waals surface area contributed by atoms with Crippen LogP contribution in [0.3, 0.4) is 0 Å². The number of aromatic nitrogens is 1. The van der Waals surface area contributed by atoms with Crippen molar-refractivity contribution in [3.05, 3.63) is 40.7 Å². The Morgan fingerprint density at radius 2 is 1.79 bits per heavy atom. The summed E-state index contributed by atoms with van der Waals surface area (Å²) in [5.74, 6) is 0.754. The second-order valence-corrected chi connectivity index (χ2v) is 6.65. The zero-order valence-electron chi connectivity index (χ0n) is 16.8. The highest BCUT2D eigenvalue weighted by molar-refractivity contribution is 5.80. The molecule has 2 aromatic rings. The van der Waals surface area contributed by atoms with Gasteiger partial charge in [-0.25, -0.2) is 0 Å². The summed E-state index contributed by atoms with van der Waals surface area (Å²) in [6, 6.07) is 9.26. The van der Waals surface area contributed by atoms with Crippen LogP contribution in [0, 0.1) is 0 Å². The molecule has 1 fully saturated rings. The van der Waals surface area contributed by atoms with E-state index in [0.29, 0.717) is 26.4 Å². The molecule has 7 heteroatoms. The van der Waals surface area contributed by atoms with Crippen molar-refractivity contribution >= 4 is 10.9 Å². The Kier molecular flexibility index (Phi) is 7.85. The Balaban J connectivity index is 1.74. The normalized spacial score (nSPS) is 15.4. The predicted molar refractivity (Wildman–Crippen MR) is 108 cm³/mol. The first-order valence-corrected chi connectivity index (χ1v) is 10.0. The Hall–Kier alpha value is -1.93. The number of nitrogens with zero attached hydrogens (tertiary/aromatic N) is 2. The zero-order chi connectivity index (χ0) is 19.8. The first-order chi connectivity index (χ1) is 13.7. The third-order valence-electron chi connectivity index (χ3n) is 4.78. The van der Waals surface area contributed by atoms with Gasteiger partial charge in [0, 0.05) is 45.0 Å². The van der Waals surface area contributed by atoms with Crippen LogP contribution in [0.2, 0.25) is 0 Å². The lowest BCUT2D eigenvalue weighted by Gasteiger charge is -2.26. The van der Waals surface area contributed by atoms with Crippen LogP contribution in [0.25, 0.3) is 10.9 Å². The molecule has 7 nitrogen and oxygen atoms in total. The molecule has 2 heterocycles. The number of hydrogen-bond donors (Lipinski definition) is 0. The van der Waals surface area contributed by atoms with Gasteiger partial charge < -0.3 is 23.5 Å². The molecule has 0 amide bonds. The Morgan fingerprint density at radius 3 is 2.50 bits per heavy atom. The van der Waals surface area contributed by atoms with Crippen molar-refractivity contribution < 1.29 is 18.9 Å². The fraction of sp³-hybridized carbons (Fsp3) is 0.571. The molecule has 1 aromatic heterocycles. The summed E-state index contributed by atoms with van der Waals surface area (Å²) in [5.41, 5.74) is 0.739. The number of benzene rings is 1. The molecule has 1 aliphatic rings. The fourth-order valence-corrected chi connectivity index (χ4v) is 3.34. The number of ether oxygens (including phenoxy) is 4. The van der Waals surface area contributed by atoms with Crippen LogP contribution < -0.4 is 10.3 Å². The van der Waals surface area contributed by atoms with E-state index in [9.17, 15) is 4.79 Å². The molecular weight excluding hydrogens is 360 g/mol. The lowest BCUT2D eigenvalue weighted by Crippen LogP contribution is -2.38. The van der Waals surface area contributed by atoms with E-state index in [1.165, 1.54) is 0 Å². The SMILES string of the molecule is CCOC(Cn1c(=O)ccc2ccc(OCCN3CCOCC3)cc21)OCC. The standard InChI is InChI=1S/C21H30N2O5/c1-3-26-21(27-4-2)16-23-19-15-18(7-5-17(19)6-8-20(23)24)28-14-11-22-9-12-25-13-10-22/h5-8,15,21H,3-4,9-14,16H2,1-2H3. The molecule has 0 spiro atoms. The van der Waals surface area contributed by atoms with Gasteiger partial charge in [0.05, 0.1) is 25.3 Å². The molecule has 0 radical (unpaired) electrons. The maximum Gasteiger partial charge on any atom is 0.251 e. The minimum atomic E-state index is -0.454. The van der Waals surface area contributed by atoms with E-state index in [1.54, 1.807) is 10.6 Å². The first-order valence-electron chi connectivity index (χ1n) is 10.0. The summed E-state index contributed by atoms with van der Waals surface area (Å²) in [5, 5.41) is 0.979. The van der Waals surface area contributed by atoms with Gasteiger partial charge in [-0.1, -0.05) is 0 Å². The minimum Gasteiger partial charge on any atom is -0.492 e. The molecule has 1 saturated heterocycles. The maximum absolute atomic E-state index is 12.5. The fourth-order valence-electron chi connectivity index (χ4n) is 3.34. The topological polar surface area (TPSA) is 62.2 Å². The Morgan fingerprint density at radius 1 is 1.07 bits per heavy atom. The first kappa shape index (κ1) is 20.8. The van der Waals surface area contributed by atoms with Crippen molar-refractivity contribution in [2.24, 2.45) is 0 Å². The van der Waals surface area contributed by atoms with Gasteiger partial charge in [-0.3, -0.25) is 9.69 Å². The highest BCUT2D eigenvalue weighted by Crippen LogP contribution is 2.20. The van der Waals surface area contributed by atoms with E-state index in [-0.39, 0.29) is 5.56 Å².